The number of methoxy groups -OCH3 is 1. The molecule has 1 aromatic heterocycles. The number of carbonyl (C=O) groups excluding carboxylic acids is 1. The number of aldehydes is 1. The maximum Gasteiger partial charge on any atom is 0.153 e. The summed E-state index contributed by atoms with van der Waals surface area (Å²) >= 11 is 0. The lowest BCUT2D eigenvalue weighted by Gasteiger charge is -2.06. The van der Waals surface area contributed by atoms with Gasteiger partial charge in [-0.25, -0.2) is 4.39 Å². The maximum atomic E-state index is 13.0. The van der Waals surface area contributed by atoms with Crippen LogP contribution in [0.4, 0.5) is 4.39 Å². The summed E-state index contributed by atoms with van der Waals surface area (Å²) < 4.78 is 18.1. The molecule has 0 atom stereocenters. The lowest BCUT2D eigenvalue weighted by Crippen LogP contribution is -1.91. The molecule has 0 aliphatic rings. The highest BCUT2D eigenvalue weighted by Crippen LogP contribution is 2.25. The van der Waals surface area contributed by atoms with Gasteiger partial charge in [0.25, 0.3) is 0 Å². The number of rotatable bonds is 3. The third-order valence-electron chi connectivity index (χ3n) is 2.39. The zero-order valence-electron chi connectivity index (χ0n) is 9.18. The smallest absolute Gasteiger partial charge is 0.153 e. The predicted molar refractivity (Wildman–Crippen MR) is 61.6 cm³/mol. The normalized spacial score (nSPS) is 10.0. The van der Waals surface area contributed by atoms with Crippen molar-refractivity contribution in [2.45, 2.75) is 0 Å². The van der Waals surface area contributed by atoms with Gasteiger partial charge in [0.2, 0.25) is 0 Å². The lowest BCUT2D eigenvalue weighted by molar-refractivity contribution is 0.112. The summed E-state index contributed by atoms with van der Waals surface area (Å²) in [6, 6.07) is 6.43. The summed E-state index contributed by atoms with van der Waals surface area (Å²) in [6.45, 7) is 0. The maximum absolute atomic E-state index is 13.0. The van der Waals surface area contributed by atoms with Crippen molar-refractivity contribution in [2.75, 3.05) is 7.11 Å². The van der Waals surface area contributed by atoms with Crippen molar-refractivity contribution >= 4 is 6.29 Å². The van der Waals surface area contributed by atoms with Crippen LogP contribution in [0.1, 0.15) is 10.4 Å². The van der Waals surface area contributed by atoms with Crippen LogP contribution in [0.5, 0.6) is 5.75 Å². The average molecular weight is 231 g/mol. The van der Waals surface area contributed by atoms with E-state index in [0.717, 1.165) is 11.8 Å². The average Bonchev–Trinajstić information content (AvgIpc) is 2.38. The Hall–Kier alpha value is -2.23. The minimum atomic E-state index is -0.411. The van der Waals surface area contributed by atoms with E-state index in [1.54, 1.807) is 24.4 Å². The van der Waals surface area contributed by atoms with Crippen molar-refractivity contribution in [3.05, 3.63) is 48.0 Å². The Labute approximate surface area is 97.9 Å². The molecule has 86 valence electrons. The monoisotopic (exact) mass is 231 g/mol. The lowest BCUT2D eigenvalue weighted by atomic mass is 10.0. The summed E-state index contributed by atoms with van der Waals surface area (Å²) in [5, 5.41) is 0. The molecule has 1 aromatic carbocycles. The Bertz CT molecular complexity index is 555. The predicted octanol–water partition coefficient (Wildman–Crippen LogP) is 2.71. The number of aromatic nitrogens is 1. The highest BCUT2D eigenvalue weighted by Gasteiger charge is 2.06. The van der Waals surface area contributed by atoms with E-state index in [-0.39, 0.29) is 0 Å². The van der Waals surface area contributed by atoms with E-state index in [1.165, 1.54) is 13.2 Å². The van der Waals surface area contributed by atoms with Gasteiger partial charge in [-0.05, 0) is 23.8 Å². The molecule has 0 aliphatic carbocycles. The molecule has 0 saturated heterocycles. The van der Waals surface area contributed by atoms with E-state index >= 15 is 0 Å². The van der Waals surface area contributed by atoms with Crippen LogP contribution in [-0.2, 0) is 0 Å². The van der Waals surface area contributed by atoms with Gasteiger partial charge in [0.15, 0.2) is 6.29 Å². The van der Waals surface area contributed by atoms with E-state index < -0.39 is 5.82 Å². The largest absolute Gasteiger partial charge is 0.496 e. The SMILES string of the molecule is COc1ccc(-c2cncc(F)c2)cc1C=O. The number of carbonyl (C=O) groups is 1. The second kappa shape index (κ2) is 4.74. The summed E-state index contributed by atoms with van der Waals surface area (Å²) in [7, 11) is 1.49. The number of hydrogen-bond acceptors (Lipinski definition) is 3. The molecule has 2 aromatic rings. The summed E-state index contributed by atoms with van der Waals surface area (Å²) in [5.74, 6) is 0.0825. The van der Waals surface area contributed by atoms with Crippen LogP contribution in [0.2, 0.25) is 0 Å². The summed E-state index contributed by atoms with van der Waals surface area (Å²) in [5.41, 5.74) is 1.77. The number of pyridine rings is 1. The topological polar surface area (TPSA) is 39.2 Å². The van der Waals surface area contributed by atoms with E-state index in [2.05, 4.69) is 4.98 Å². The van der Waals surface area contributed by atoms with Crippen LogP contribution in [0.3, 0.4) is 0 Å². The third-order valence-corrected chi connectivity index (χ3v) is 2.39. The molecule has 0 saturated carbocycles. The zero-order valence-corrected chi connectivity index (χ0v) is 9.18. The van der Waals surface area contributed by atoms with Crippen molar-refractivity contribution in [1.29, 1.82) is 0 Å². The van der Waals surface area contributed by atoms with E-state index in [1.807, 2.05) is 0 Å². The fraction of sp³-hybridized carbons (Fsp3) is 0.0769. The molecule has 2 rings (SSSR count). The first-order valence-electron chi connectivity index (χ1n) is 4.98. The second-order valence-corrected chi connectivity index (χ2v) is 3.47. The van der Waals surface area contributed by atoms with Gasteiger partial charge >= 0.3 is 0 Å². The van der Waals surface area contributed by atoms with Crippen molar-refractivity contribution in [3.8, 4) is 16.9 Å². The summed E-state index contributed by atoms with van der Waals surface area (Å²) in [4.78, 5) is 14.6. The number of hydrogen-bond donors (Lipinski definition) is 0. The van der Waals surface area contributed by atoms with Crippen molar-refractivity contribution in [1.82, 2.24) is 4.98 Å². The first-order valence-corrected chi connectivity index (χ1v) is 4.98. The van der Waals surface area contributed by atoms with Crippen LogP contribution in [-0.4, -0.2) is 18.4 Å². The molecule has 17 heavy (non-hydrogen) atoms. The van der Waals surface area contributed by atoms with Gasteiger partial charge in [0.1, 0.15) is 11.6 Å². The van der Waals surface area contributed by atoms with Crippen LogP contribution in [0, 0.1) is 5.82 Å². The molecule has 3 nitrogen and oxygen atoms in total. The van der Waals surface area contributed by atoms with E-state index in [9.17, 15) is 9.18 Å². The minimum Gasteiger partial charge on any atom is -0.496 e. The molecule has 0 aliphatic heterocycles. The Morgan fingerprint density at radius 1 is 1.24 bits per heavy atom. The van der Waals surface area contributed by atoms with Crippen LogP contribution in [0.25, 0.3) is 11.1 Å². The number of halogens is 1. The Kier molecular flexibility index (Phi) is 3.14. The molecule has 0 fully saturated rings. The van der Waals surface area contributed by atoms with Crippen LogP contribution in [0.15, 0.2) is 36.7 Å². The zero-order chi connectivity index (χ0) is 12.3. The molecule has 4 heteroatoms. The third kappa shape index (κ3) is 2.30. The second-order valence-electron chi connectivity index (χ2n) is 3.47. The van der Waals surface area contributed by atoms with Crippen LogP contribution < -0.4 is 4.74 Å². The van der Waals surface area contributed by atoms with Gasteiger partial charge in [-0.3, -0.25) is 9.78 Å². The molecular weight excluding hydrogens is 221 g/mol. The van der Waals surface area contributed by atoms with Crippen LogP contribution >= 0.6 is 0 Å². The number of nitrogens with zero attached hydrogens (tertiary/aromatic N) is 1. The molecule has 0 radical (unpaired) electrons. The Balaban J connectivity index is 2.50. The highest BCUT2D eigenvalue weighted by molar-refractivity contribution is 5.82. The fourth-order valence-corrected chi connectivity index (χ4v) is 1.58. The molecule has 1 heterocycles. The minimum absolute atomic E-state index is 0.411. The molecule has 0 N–H and O–H groups in total. The number of benzene rings is 1. The first-order chi connectivity index (χ1) is 8.24. The fourth-order valence-electron chi connectivity index (χ4n) is 1.58. The molecule has 0 bridgehead atoms. The van der Waals surface area contributed by atoms with E-state index in [0.29, 0.717) is 23.2 Å². The molecular formula is C13H10FNO2. The Morgan fingerprint density at radius 2 is 2.06 bits per heavy atom. The number of ether oxygens (including phenoxy) is 1. The van der Waals surface area contributed by atoms with Gasteiger partial charge in [-0.1, -0.05) is 6.07 Å². The highest BCUT2D eigenvalue weighted by atomic mass is 19.1. The van der Waals surface area contributed by atoms with Crippen molar-refractivity contribution in [3.63, 3.8) is 0 Å². The Morgan fingerprint density at radius 3 is 2.71 bits per heavy atom. The van der Waals surface area contributed by atoms with Crippen molar-refractivity contribution < 1.29 is 13.9 Å². The molecule has 0 amide bonds. The van der Waals surface area contributed by atoms with Crippen molar-refractivity contribution in [2.24, 2.45) is 0 Å². The quantitative estimate of drug-likeness (QED) is 0.762. The van der Waals surface area contributed by atoms with Gasteiger partial charge in [-0.15, -0.1) is 0 Å². The van der Waals surface area contributed by atoms with Gasteiger partial charge in [0, 0.05) is 11.8 Å². The standard InChI is InChI=1S/C13H10FNO2/c1-17-13-3-2-9(4-11(13)8-16)10-5-12(14)7-15-6-10/h2-8H,1H3. The summed E-state index contributed by atoms with van der Waals surface area (Å²) in [6.07, 6.45) is 3.38. The first kappa shape index (κ1) is 11.3. The van der Waals surface area contributed by atoms with E-state index in [4.69, 9.17) is 4.74 Å². The van der Waals surface area contributed by atoms with Gasteiger partial charge < -0.3 is 4.74 Å². The molecule has 0 unspecified atom stereocenters. The van der Waals surface area contributed by atoms with Gasteiger partial charge in [-0.2, -0.15) is 0 Å². The van der Waals surface area contributed by atoms with Gasteiger partial charge in [0.05, 0.1) is 18.9 Å². The molecule has 0 spiro atoms.